The van der Waals surface area contributed by atoms with Crippen LogP contribution in [0.15, 0.2) is 0 Å². The van der Waals surface area contributed by atoms with Crippen LogP contribution in [0, 0.1) is 11.3 Å². The Morgan fingerprint density at radius 2 is 1.93 bits per heavy atom. The number of phenols is 1. The van der Waals surface area contributed by atoms with Crippen LogP contribution in [0.5, 0.6) is 17.2 Å². The van der Waals surface area contributed by atoms with E-state index in [2.05, 4.69) is 20.8 Å². The molecule has 146 valence electrons. The minimum atomic E-state index is -0.443. The van der Waals surface area contributed by atoms with Crippen molar-refractivity contribution in [2.45, 2.75) is 78.2 Å². The zero-order chi connectivity index (χ0) is 19.7. The first-order valence-electron chi connectivity index (χ1n) is 9.87. The van der Waals surface area contributed by atoms with Gasteiger partial charge in [-0.3, -0.25) is 9.59 Å². The summed E-state index contributed by atoms with van der Waals surface area (Å²) in [6.07, 6.45) is 3.76. The van der Waals surface area contributed by atoms with E-state index in [4.69, 9.17) is 9.47 Å². The first-order chi connectivity index (χ1) is 12.6. The number of hydrogen-bond donors (Lipinski definition) is 1. The lowest BCUT2D eigenvalue weighted by molar-refractivity contribution is -0.132. The molecule has 5 nitrogen and oxygen atoms in total. The lowest BCUT2D eigenvalue weighted by atomic mass is 9.50. The van der Waals surface area contributed by atoms with Crippen molar-refractivity contribution < 1.29 is 24.2 Å². The second-order valence-electron chi connectivity index (χ2n) is 9.40. The van der Waals surface area contributed by atoms with Gasteiger partial charge in [0.05, 0.1) is 5.56 Å². The standard InChI is InChI=1S/C22H28O5/c1-11-9-13-18(25)16-14(24)10-15-21(3,4)7-6-8-22(15,5)17(16)20(19(13)26-11)27-12(2)23/h11,15,25H,6-10H2,1-5H3/t11-,15-,22-/m0/s1. The average molecular weight is 372 g/mol. The number of fused-ring (bicyclic) bond motifs is 4. The van der Waals surface area contributed by atoms with Gasteiger partial charge in [0, 0.05) is 36.3 Å². The summed E-state index contributed by atoms with van der Waals surface area (Å²) in [5.74, 6) is 0.440. The SMILES string of the molecule is CC(=O)Oc1c2c(c(O)c3c1[C@@]1(C)CCCC(C)(C)[C@@H]1CC3=O)C[C@H](C)O2. The molecule has 0 aromatic heterocycles. The van der Waals surface area contributed by atoms with Crippen LogP contribution < -0.4 is 9.47 Å². The summed E-state index contributed by atoms with van der Waals surface area (Å²) in [6.45, 7) is 9.85. The van der Waals surface area contributed by atoms with Crippen molar-refractivity contribution in [3.8, 4) is 17.2 Å². The highest BCUT2D eigenvalue weighted by Gasteiger charge is 2.55. The quantitative estimate of drug-likeness (QED) is 0.587. The molecule has 0 saturated heterocycles. The molecule has 1 N–H and O–H groups in total. The van der Waals surface area contributed by atoms with Crippen LogP contribution in [0.1, 0.15) is 81.8 Å². The predicted octanol–water partition coefficient (Wildman–Crippen LogP) is 4.31. The maximum absolute atomic E-state index is 13.2. The van der Waals surface area contributed by atoms with E-state index in [1.165, 1.54) is 6.92 Å². The van der Waals surface area contributed by atoms with E-state index in [0.29, 0.717) is 41.0 Å². The molecular formula is C22H28O5. The molecular weight excluding hydrogens is 344 g/mol. The minimum Gasteiger partial charge on any atom is -0.507 e. The molecule has 1 aliphatic heterocycles. The van der Waals surface area contributed by atoms with Crippen LogP contribution in [-0.4, -0.2) is 23.0 Å². The molecule has 3 atom stereocenters. The summed E-state index contributed by atoms with van der Waals surface area (Å²) in [5, 5.41) is 11.0. The lowest BCUT2D eigenvalue weighted by Gasteiger charge is -2.54. The van der Waals surface area contributed by atoms with Gasteiger partial charge in [0.15, 0.2) is 17.3 Å². The molecule has 0 radical (unpaired) electrons. The summed E-state index contributed by atoms with van der Waals surface area (Å²) in [5.41, 5.74) is 1.26. The third-order valence-corrected chi connectivity index (χ3v) is 7.01. The molecule has 1 saturated carbocycles. The number of carbonyl (C=O) groups is 2. The summed E-state index contributed by atoms with van der Waals surface area (Å²) < 4.78 is 11.6. The second kappa shape index (κ2) is 5.73. The third-order valence-electron chi connectivity index (χ3n) is 7.01. The Labute approximate surface area is 160 Å². The topological polar surface area (TPSA) is 72.8 Å². The van der Waals surface area contributed by atoms with Gasteiger partial charge in [-0.2, -0.15) is 0 Å². The Kier molecular flexibility index (Phi) is 3.89. The molecule has 0 bridgehead atoms. The van der Waals surface area contributed by atoms with Crippen LogP contribution >= 0.6 is 0 Å². The zero-order valence-corrected chi connectivity index (χ0v) is 16.8. The Morgan fingerprint density at radius 3 is 2.59 bits per heavy atom. The molecule has 2 aliphatic carbocycles. The fourth-order valence-electron chi connectivity index (χ4n) is 5.85. The summed E-state index contributed by atoms with van der Waals surface area (Å²) >= 11 is 0. The number of phenolic OH excluding ortho intramolecular Hbond substituents is 1. The Bertz CT molecular complexity index is 853. The van der Waals surface area contributed by atoms with Crippen LogP contribution in [-0.2, 0) is 16.6 Å². The van der Waals surface area contributed by atoms with Gasteiger partial charge < -0.3 is 14.6 Å². The zero-order valence-electron chi connectivity index (χ0n) is 16.8. The molecule has 27 heavy (non-hydrogen) atoms. The monoisotopic (exact) mass is 372 g/mol. The van der Waals surface area contributed by atoms with Crippen molar-refractivity contribution in [3.05, 3.63) is 16.7 Å². The smallest absolute Gasteiger partial charge is 0.308 e. The average Bonchev–Trinajstić information content (AvgIpc) is 2.94. The molecule has 1 aromatic rings. The summed E-state index contributed by atoms with van der Waals surface area (Å²) in [4.78, 5) is 25.1. The number of benzene rings is 1. The molecule has 1 fully saturated rings. The number of ketones is 1. The Balaban J connectivity index is 2.05. The van der Waals surface area contributed by atoms with E-state index in [-0.39, 0.29) is 34.4 Å². The highest BCUT2D eigenvalue weighted by atomic mass is 16.6. The van der Waals surface area contributed by atoms with Crippen LogP contribution in [0.4, 0.5) is 0 Å². The van der Waals surface area contributed by atoms with E-state index >= 15 is 0 Å². The van der Waals surface area contributed by atoms with Gasteiger partial charge in [-0.25, -0.2) is 0 Å². The van der Waals surface area contributed by atoms with E-state index < -0.39 is 5.97 Å². The van der Waals surface area contributed by atoms with Gasteiger partial charge in [0.25, 0.3) is 0 Å². The first-order valence-corrected chi connectivity index (χ1v) is 9.87. The molecule has 3 aliphatic rings. The number of ether oxygens (including phenoxy) is 2. The van der Waals surface area contributed by atoms with E-state index in [1.54, 1.807) is 0 Å². The maximum Gasteiger partial charge on any atom is 0.308 e. The molecule has 0 unspecified atom stereocenters. The summed E-state index contributed by atoms with van der Waals surface area (Å²) in [6, 6.07) is 0. The fraction of sp³-hybridized carbons (Fsp3) is 0.636. The number of Topliss-reactive ketones (excluding diaryl/α,β-unsaturated/α-hetero) is 1. The van der Waals surface area contributed by atoms with E-state index in [9.17, 15) is 14.7 Å². The van der Waals surface area contributed by atoms with Crippen molar-refractivity contribution in [2.24, 2.45) is 11.3 Å². The van der Waals surface area contributed by atoms with Crippen molar-refractivity contribution in [1.29, 1.82) is 0 Å². The maximum atomic E-state index is 13.2. The van der Waals surface area contributed by atoms with Gasteiger partial charge in [-0.15, -0.1) is 0 Å². The van der Waals surface area contributed by atoms with Crippen molar-refractivity contribution in [1.82, 2.24) is 0 Å². The molecule has 0 amide bonds. The fourth-order valence-corrected chi connectivity index (χ4v) is 5.85. The number of carbonyl (C=O) groups excluding carboxylic acids is 2. The van der Waals surface area contributed by atoms with Gasteiger partial charge in [-0.05, 0) is 31.1 Å². The molecule has 5 heteroatoms. The summed E-state index contributed by atoms with van der Waals surface area (Å²) in [7, 11) is 0. The van der Waals surface area contributed by atoms with Crippen molar-refractivity contribution in [2.75, 3.05) is 0 Å². The van der Waals surface area contributed by atoms with E-state index in [0.717, 1.165) is 19.3 Å². The number of rotatable bonds is 1. The van der Waals surface area contributed by atoms with Crippen LogP contribution in [0.25, 0.3) is 0 Å². The molecule has 0 spiro atoms. The number of esters is 1. The third kappa shape index (κ3) is 2.50. The highest BCUT2D eigenvalue weighted by molar-refractivity contribution is 6.04. The Hall–Kier alpha value is -2.04. The first kappa shape index (κ1) is 18.3. The van der Waals surface area contributed by atoms with Gasteiger partial charge in [0.1, 0.15) is 11.9 Å². The van der Waals surface area contributed by atoms with Crippen molar-refractivity contribution >= 4 is 11.8 Å². The highest BCUT2D eigenvalue weighted by Crippen LogP contribution is 2.62. The molecule has 4 rings (SSSR count). The number of aromatic hydroxyl groups is 1. The van der Waals surface area contributed by atoms with Gasteiger partial charge in [-0.1, -0.05) is 27.2 Å². The van der Waals surface area contributed by atoms with Crippen molar-refractivity contribution in [3.63, 3.8) is 0 Å². The second-order valence-corrected chi connectivity index (χ2v) is 9.40. The minimum absolute atomic E-state index is 0.00335. The molecule has 1 heterocycles. The predicted molar refractivity (Wildman–Crippen MR) is 101 cm³/mol. The normalized spacial score (nSPS) is 30.8. The van der Waals surface area contributed by atoms with E-state index in [1.807, 2.05) is 6.92 Å². The van der Waals surface area contributed by atoms with Gasteiger partial charge >= 0.3 is 5.97 Å². The number of hydrogen-bond acceptors (Lipinski definition) is 5. The largest absolute Gasteiger partial charge is 0.507 e. The molecule has 1 aromatic carbocycles. The van der Waals surface area contributed by atoms with Crippen LogP contribution in [0.2, 0.25) is 0 Å². The Morgan fingerprint density at radius 1 is 1.22 bits per heavy atom. The lowest BCUT2D eigenvalue weighted by Crippen LogP contribution is -2.49. The van der Waals surface area contributed by atoms with Crippen LogP contribution in [0.3, 0.4) is 0 Å². The van der Waals surface area contributed by atoms with Gasteiger partial charge in [0.2, 0.25) is 0 Å².